The van der Waals surface area contributed by atoms with Crippen molar-refractivity contribution >= 4 is 11.6 Å². The summed E-state index contributed by atoms with van der Waals surface area (Å²) >= 11 is 0. The molecule has 0 aliphatic carbocycles. The van der Waals surface area contributed by atoms with Gasteiger partial charge in [0.1, 0.15) is 5.69 Å². The van der Waals surface area contributed by atoms with E-state index in [0.717, 1.165) is 42.6 Å². The first-order chi connectivity index (χ1) is 15.9. The molecule has 1 aliphatic rings. The molecule has 1 atom stereocenters. The van der Waals surface area contributed by atoms with E-state index in [0.29, 0.717) is 31.4 Å². The molecule has 0 saturated carbocycles. The van der Waals surface area contributed by atoms with Crippen molar-refractivity contribution in [1.82, 2.24) is 20.2 Å². The molecule has 1 fully saturated rings. The number of rotatable bonds is 9. The molecule has 0 radical (unpaired) electrons. The van der Waals surface area contributed by atoms with Crippen molar-refractivity contribution in [3.8, 4) is 11.1 Å². The van der Waals surface area contributed by atoms with Gasteiger partial charge in [-0.15, -0.1) is 0 Å². The van der Waals surface area contributed by atoms with Gasteiger partial charge in [0, 0.05) is 68.0 Å². The monoisotopic (exact) mass is 451 g/mol. The predicted molar refractivity (Wildman–Crippen MR) is 135 cm³/mol. The third-order valence-corrected chi connectivity index (χ3v) is 6.10. The second-order valence-electron chi connectivity index (χ2n) is 8.82. The van der Waals surface area contributed by atoms with E-state index in [9.17, 15) is 9.59 Å². The van der Waals surface area contributed by atoms with Gasteiger partial charge in [0.25, 0.3) is 5.56 Å². The second kappa shape index (κ2) is 11.8. The number of likely N-dealkylation sites (N-methyl/N-ethyl adjacent to an activating group) is 1. The fourth-order valence-electron chi connectivity index (χ4n) is 4.31. The van der Waals surface area contributed by atoms with E-state index in [-0.39, 0.29) is 17.5 Å². The standard InChI is InChI=1S/C26H37N5O2/c1-5-22-15-20(11-13-28-22)21-16-24(26(33)29-17-21)31(6-2)23-9-8-14-30(18-23)25(32)10-7-12-27-19(3)4/h7,10-11,13,15-17,19,23,27H,5-6,8-9,12,14,18H2,1-4H3,(H,29,33)/b10-7+/t23-/m1/s1. The van der Waals surface area contributed by atoms with Crippen molar-refractivity contribution in [2.24, 2.45) is 0 Å². The summed E-state index contributed by atoms with van der Waals surface area (Å²) in [5.41, 5.74) is 3.57. The van der Waals surface area contributed by atoms with Crippen LogP contribution in [0.3, 0.4) is 0 Å². The summed E-state index contributed by atoms with van der Waals surface area (Å²) in [6.07, 6.45) is 9.86. The van der Waals surface area contributed by atoms with Crippen LogP contribution >= 0.6 is 0 Å². The topological polar surface area (TPSA) is 81.3 Å². The smallest absolute Gasteiger partial charge is 0.271 e. The Morgan fingerprint density at radius 2 is 2.15 bits per heavy atom. The molecule has 0 aromatic carbocycles. The van der Waals surface area contributed by atoms with E-state index in [2.05, 4.69) is 53.9 Å². The number of aromatic amines is 1. The normalized spacial score (nSPS) is 16.5. The number of aryl methyl sites for hydroxylation is 1. The molecule has 3 heterocycles. The molecule has 1 aliphatic heterocycles. The van der Waals surface area contributed by atoms with Crippen molar-refractivity contribution in [1.29, 1.82) is 0 Å². The zero-order valence-electron chi connectivity index (χ0n) is 20.3. The van der Waals surface area contributed by atoms with Crippen molar-refractivity contribution in [3.05, 3.63) is 58.8 Å². The van der Waals surface area contributed by atoms with Gasteiger partial charge >= 0.3 is 0 Å². The lowest BCUT2D eigenvalue weighted by Gasteiger charge is -2.39. The van der Waals surface area contributed by atoms with Crippen LogP contribution < -0.4 is 15.8 Å². The molecule has 2 aromatic rings. The highest BCUT2D eigenvalue weighted by Crippen LogP contribution is 2.25. The summed E-state index contributed by atoms with van der Waals surface area (Å²) in [4.78, 5) is 36.9. The zero-order valence-corrected chi connectivity index (χ0v) is 20.3. The Morgan fingerprint density at radius 3 is 2.88 bits per heavy atom. The number of piperidine rings is 1. The Bertz CT molecular complexity index is 1010. The number of anilines is 1. The SMILES string of the molecule is CCc1cc(-c2c[nH]c(=O)c(N(CC)[C@@H]3CCCN(C(=O)/C=C/CNC(C)C)C3)c2)ccn1. The minimum absolute atomic E-state index is 0.0350. The number of aromatic nitrogens is 2. The van der Waals surface area contributed by atoms with Crippen LogP contribution in [0.1, 0.15) is 46.2 Å². The number of nitrogens with one attached hydrogen (secondary N) is 2. The summed E-state index contributed by atoms with van der Waals surface area (Å²) in [6, 6.07) is 6.49. The Kier molecular flexibility index (Phi) is 8.83. The molecule has 33 heavy (non-hydrogen) atoms. The highest BCUT2D eigenvalue weighted by molar-refractivity contribution is 5.87. The quantitative estimate of drug-likeness (QED) is 0.572. The van der Waals surface area contributed by atoms with Crippen LogP contribution in [-0.4, -0.2) is 59.0 Å². The molecule has 178 valence electrons. The first-order valence-corrected chi connectivity index (χ1v) is 12.1. The molecule has 2 N–H and O–H groups in total. The van der Waals surface area contributed by atoms with Crippen LogP contribution in [0, 0.1) is 0 Å². The molecule has 0 bridgehead atoms. The second-order valence-corrected chi connectivity index (χ2v) is 8.82. The number of H-pyrrole nitrogens is 1. The van der Waals surface area contributed by atoms with Gasteiger partial charge in [0.2, 0.25) is 5.91 Å². The number of nitrogens with zero attached hydrogens (tertiary/aromatic N) is 3. The number of hydrogen-bond donors (Lipinski definition) is 2. The molecule has 0 unspecified atom stereocenters. The molecule has 3 rings (SSSR count). The van der Waals surface area contributed by atoms with Crippen LogP contribution in [-0.2, 0) is 11.2 Å². The molecule has 1 saturated heterocycles. The van der Waals surface area contributed by atoms with Gasteiger partial charge in [0.15, 0.2) is 0 Å². The lowest BCUT2D eigenvalue weighted by atomic mass is 10.0. The van der Waals surface area contributed by atoms with E-state index < -0.39 is 0 Å². The first kappa shape index (κ1) is 24.7. The fraction of sp³-hybridized carbons (Fsp3) is 0.500. The third-order valence-electron chi connectivity index (χ3n) is 6.10. The van der Waals surface area contributed by atoms with Crippen LogP contribution in [0.5, 0.6) is 0 Å². The van der Waals surface area contributed by atoms with Gasteiger partial charge in [-0.2, -0.15) is 0 Å². The minimum atomic E-state index is -0.103. The minimum Gasteiger partial charge on any atom is -0.363 e. The Labute approximate surface area is 196 Å². The Morgan fingerprint density at radius 1 is 1.33 bits per heavy atom. The average Bonchev–Trinajstić information content (AvgIpc) is 2.83. The Hall–Kier alpha value is -2.93. The largest absolute Gasteiger partial charge is 0.363 e. The van der Waals surface area contributed by atoms with E-state index in [1.54, 1.807) is 12.3 Å². The number of pyridine rings is 2. The number of carbonyl (C=O) groups excluding carboxylic acids is 1. The molecule has 7 heteroatoms. The van der Waals surface area contributed by atoms with Gasteiger partial charge in [-0.05, 0) is 49.9 Å². The molecule has 1 amide bonds. The number of amides is 1. The van der Waals surface area contributed by atoms with Gasteiger partial charge in [-0.3, -0.25) is 14.6 Å². The first-order valence-electron chi connectivity index (χ1n) is 12.1. The van der Waals surface area contributed by atoms with Crippen LogP contribution in [0.2, 0.25) is 0 Å². The molecule has 0 spiro atoms. The van der Waals surface area contributed by atoms with Crippen molar-refractivity contribution in [2.75, 3.05) is 31.1 Å². The maximum absolute atomic E-state index is 12.8. The van der Waals surface area contributed by atoms with Gasteiger partial charge in [0.05, 0.1) is 0 Å². The van der Waals surface area contributed by atoms with Crippen LogP contribution in [0.4, 0.5) is 5.69 Å². The highest BCUT2D eigenvalue weighted by Gasteiger charge is 2.28. The van der Waals surface area contributed by atoms with E-state index >= 15 is 0 Å². The zero-order chi connectivity index (χ0) is 23.8. The molecule has 2 aromatic heterocycles. The molecular weight excluding hydrogens is 414 g/mol. The van der Waals surface area contributed by atoms with E-state index in [4.69, 9.17) is 0 Å². The van der Waals surface area contributed by atoms with Crippen molar-refractivity contribution in [3.63, 3.8) is 0 Å². The lowest BCUT2D eigenvalue weighted by Crippen LogP contribution is -2.50. The Balaban J connectivity index is 1.78. The van der Waals surface area contributed by atoms with E-state index in [1.165, 1.54) is 0 Å². The summed E-state index contributed by atoms with van der Waals surface area (Å²) in [7, 11) is 0. The lowest BCUT2D eigenvalue weighted by molar-refractivity contribution is -0.127. The van der Waals surface area contributed by atoms with Crippen molar-refractivity contribution in [2.45, 2.75) is 59.0 Å². The maximum Gasteiger partial charge on any atom is 0.271 e. The summed E-state index contributed by atoms with van der Waals surface area (Å²) in [5.74, 6) is 0.0350. The van der Waals surface area contributed by atoms with Gasteiger partial charge < -0.3 is 20.1 Å². The number of hydrogen-bond acceptors (Lipinski definition) is 5. The molecule has 7 nitrogen and oxygen atoms in total. The van der Waals surface area contributed by atoms with Crippen molar-refractivity contribution < 1.29 is 4.79 Å². The van der Waals surface area contributed by atoms with Gasteiger partial charge in [-0.25, -0.2) is 0 Å². The predicted octanol–water partition coefficient (Wildman–Crippen LogP) is 3.37. The average molecular weight is 452 g/mol. The summed E-state index contributed by atoms with van der Waals surface area (Å²) in [6.45, 7) is 11.1. The highest BCUT2D eigenvalue weighted by atomic mass is 16.2. The summed E-state index contributed by atoms with van der Waals surface area (Å²) in [5, 5.41) is 3.29. The third kappa shape index (κ3) is 6.54. The maximum atomic E-state index is 12.8. The molecular formula is C26H37N5O2. The van der Waals surface area contributed by atoms with Crippen LogP contribution in [0.15, 0.2) is 47.5 Å². The van der Waals surface area contributed by atoms with Gasteiger partial charge in [-0.1, -0.05) is 26.8 Å². The summed E-state index contributed by atoms with van der Waals surface area (Å²) < 4.78 is 0. The van der Waals surface area contributed by atoms with E-state index in [1.807, 2.05) is 29.3 Å². The van der Waals surface area contributed by atoms with Crippen LogP contribution in [0.25, 0.3) is 11.1 Å². The number of likely N-dealkylation sites (tertiary alicyclic amines) is 1. The fourth-order valence-corrected chi connectivity index (χ4v) is 4.31. The number of carbonyl (C=O) groups is 1.